The Morgan fingerprint density at radius 3 is 1.45 bits per heavy atom. The van der Waals surface area contributed by atoms with E-state index in [4.69, 9.17) is 9.47 Å². The monoisotopic (exact) mass is 412 g/mol. The van der Waals surface area contributed by atoms with Gasteiger partial charge in [0.25, 0.3) is 0 Å². The first kappa shape index (κ1) is 27.9. The van der Waals surface area contributed by atoms with Crippen LogP contribution in [0.2, 0.25) is 0 Å². The van der Waals surface area contributed by atoms with Gasteiger partial charge < -0.3 is 9.47 Å². The van der Waals surface area contributed by atoms with Crippen LogP contribution < -0.4 is 0 Å². The highest BCUT2D eigenvalue weighted by Gasteiger charge is 2.18. The Morgan fingerprint density at radius 1 is 0.621 bits per heavy atom. The number of ether oxygens (including phenoxy) is 2. The molecular formula is C25H48O4. The van der Waals surface area contributed by atoms with Gasteiger partial charge >= 0.3 is 11.9 Å². The predicted octanol–water partition coefficient (Wildman–Crippen LogP) is 7.38. The number of esters is 2. The van der Waals surface area contributed by atoms with Crippen molar-refractivity contribution in [3.8, 4) is 0 Å². The number of unbranched alkanes of at least 4 members (excludes halogenated alkanes) is 11. The molecule has 0 heterocycles. The number of hydrogen-bond donors (Lipinski definition) is 0. The molecule has 0 saturated heterocycles. The van der Waals surface area contributed by atoms with E-state index in [1.807, 2.05) is 27.7 Å². The van der Waals surface area contributed by atoms with Crippen molar-refractivity contribution < 1.29 is 19.1 Å². The van der Waals surface area contributed by atoms with E-state index in [9.17, 15) is 9.59 Å². The van der Waals surface area contributed by atoms with E-state index >= 15 is 0 Å². The third-order valence-electron chi connectivity index (χ3n) is 5.23. The highest BCUT2D eigenvalue weighted by atomic mass is 16.5. The molecule has 4 heteroatoms. The van der Waals surface area contributed by atoms with Crippen LogP contribution in [0.1, 0.15) is 131 Å². The zero-order valence-corrected chi connectivity index (χ0v) is 20.0. The Kier molecular flexibility index (Phi) is 18.2. The summed E-state index contributed by atoms with van der Waals surface area (Å²) in [6, 6.07) is 0. The molecule has 0 fully saturated rings. The van der Waals surface area contributed by atoms with Gasteiger partial charge in [-0.1, -0.05) is 77.6 Å². The third-order valence-corrected chi connectivity index (χ3v) is 5.23. The van der Waals surface area contributed by atoms with Crippen molar-refractivity contribution in [2.24, 2.45) is 5.92 Å². The molecule has 0 aromatic carbocycles. The lowest BCUT2D eigenvalue weighted by atomic mass is 9.97. The Hall–Kier alpha value is -1.06. The second-order valence-corrected chi connectivity index (χ2v) is 8.91. The summed E-state index contributed by atoms with van der Waals surface area (Å²) in [6.07, 6.45) is 17.3. The molecule has 0 spiro atoms. The maximum Gasteiger partial charge on any atom is 0.309 e. The lowest BCUT2D eigenvalue weighted by molar-refractivity contribution is -0.153. The molecule has 0 N–H and O–H groups in total. The Balaban J connectivity index is 3.37. The minimum Gasteiger partial charge on any atom is -0.463 e. The lowest BCUT2D eigenvalue weighted by Gasteiger charge is -2.16. The second kappa shape index (κ2) is 18.9. The largest absolute Gasteiger partial charge is 0.463 e. The maximum absolute atomic E-state index is 12.0. The van der Waals surface area contributed by atoms with Gasteiger partial charge in [0.05, 0.1) is 18.1 Å². The average molecular weight is 413 g/mol. The molecule has 1 unspecified atom stereocenters. The highest BCUT2D eigenvalue weighted by Crippen LogP contribution is 2.18. The first-order valence-electron chi connectivity index (χ1n) is 12.3. The molecule has 0 bridgehead atoms. The van der Waals surface area contributed by atoms with Crippen molar-refractivity contribution in [3.05, 3.63) is 0 Å². The van der Waals surface area contributed by atoms with Gasteiger partial charge in [0.2, 0.25) is 0 Å². The van der Waals surface area contributed by atoms with Gasteiger partial charge in [-0.15, -0.1) is 0 Å². The van der Waals surface area contributed by atoms with E-state index in [-0.39, 0.29) is 30.1 Å². The van der Waals surface area contributed by atoms with Crippen molar-refractivity contribution in [2.75, 3.05) is 0 Å². The molecule has 0 radical (unpaired) electrons. The molecule has 1 atom stereocenters. The Bertz CT molecular complexity index is 404. The fourth-order valence-electron chi connectivity index (χ4n) is 3.57. The summed E-state index contributed by atoms with van der Waals surface area (Å²) in [6.45, 7) is 9.69. The SMILES string of the molecule is CCC(CCCCCCCCCCCCCCC(=O)OC(C)C)C(=O)OC(C)C. The van der Waals surface area contributed by atoms with Crippen LogP contribution in [0.4, 0.5) is 0 Å². The first-order valence-corrected chi connectivity index (χ1v) is 12.3. The smallest absolute Gasteiger partial charge is 0.309 e. The second-order valence-electron chi connectivity index (χ2n) is 8.91. The van der Waals surface area contributed by atoms with E-state index in [1.54, 1.807) is 0 Å². The number of carbonyl (C=O) groups is 2. The van der Waals surface area contributed by atoms with E-state index < -0.39 is 0 Å². The predicted molar refractivity (Wildman–Crippen MR) is 121 cm³/mol. The van der Waals surface area contributed by atoms with Crippen LogP contribution in [0.25, 0.3) is 0 Å². The molecule has 0 amide bonds. The van der Waals surface area contributed by atoms with E-state index in [0.29, 0.717) is 6.42 Å². The van der Waals surface area contributed by atoms with Gasteiger partial charge in [0.15, 0.2) is 0 Å². The molecule has 0 aliphatic rings. The zero-order valence-electron chi connectivity index (χ0n) is 20.0. The normalized spacial score (nSPS) is 12.4. The van der Waals surface area contributed by atoms with Crippen LogP contribution in [0.15, 0.2) is 0 Å². The van der Waals surface area contributed by atoms with Crippen molar-refractivity contribution >= 4 is 11.9 Å². The molecule has 0 aliphatic heterocycles. The van der Waals surface area contributed by atoms with Crippen LogP contribution in [-0.2, 0) is 19.1 Å². The summed E-state index contributed by atoms with van der Waals surface area (Å²) in [7, 11) is 0. The molecule has 0 rings (SSSR count). The lowest BCUT2D eigenvalue weighted by Crippen LogP contribution is -2.20. The Labute approximate surface area is 180 Å². The average Bonchev–Trinajstić information content (AvgIpc) is 2.63. The van der Waals surface area contributed by atoms with Gasteiger partial charge in [-0.2, -0.15) is 0 Å². The van der Waals surface area contributed by atoms with E-state index in [1.165, 1.54) is 57.8 Å². The third kappa shape index (κ3) is 18.7. The van der Waals surface area contributed by atoms with Crippen molar-refractivity contribution in [1.82, 2.24) is 0 Å². The van der Waals surface area contributed by atoms with Crippen molar-refractivity contribution in [2.45, 2.75) is 143 Å². The number of hydrogen-bond acceptors (Lipinski definition) is 4. The topological polar surface area (TPSA) is 52.6 Å². The molecule has 172 valence electrons. The molecule has 0 aromatic heterocycles. The van der Waals surface area contributed by atoms with Crippen LogP contribution in [0.3, 0.4) is 0 Å². The van der Waals surface area contributed by atoms with Gasteiger partial charge in [0, 0.05) is 6.42 Å². The van der Waals surface area contributed by atoms with Gasteiger partial charge in [0.1, 0.15) is 0 Å². The quantitative estimate of drug-likeness (QED) is 0.164. The van der Waals surface area contributed by atoms with Gasteiger partial charge in [-0.3, -0.25) is 9.59 Å². The summed E-state index contributed by atoms with van der Waals surface area (Å²) in [4.78, 5) is 23.4. The van der Waals surface area contributed by atoms with Crippen molar-refractivity contribution in [3.63, 3.8) is 0 Å². The van der Waals surface area contributed by atoms with Crippen LogP contribution >= 0.6 is 0 Å². The van der Waals surface area contributed by atoms with Crippen LogP contribution in [0, 0.1) is 5.92 Å². The fraction of sp³-hybridized carbons (Fsp3) is 0.920. The summed E-state index contributed by atoms with van der Waals surface area (Å²) < 4.78 is 10.5. The van der Waals surface area contributed by atoms with Gasteiger partial charge in [-0.25, -0.2) is 0 Å². The summed E-state index contributed by atoms with van der Waals surface area (Å²) in [5, 5.41) is 0. The van der Waals surface area contributed by atoms with Crippen LogP contribution in [0.5, 0.6) is 0 Å². The zero-order chi connectivity index (χ0) is 21.9. The summed E-state index contributed by atoms with van der Waals surface area (Å²) in [5.74, 6) is 0.0111. The number of rotatable bonds is 19. The molecule has 0 saturated carbocycles. The fourth-order valence-corrected chi connectivity index (χ4v) is 3.57. The highest BCUT2D eigenvalue weighted by molar-refractivity contribution is 5.72. The molecule has 0 aromatic rings. The summed E-state index contributed by atoms with van der Waals surface area (Å²) in [5.41, 5.74) is 0. The van der Waals surface area contributed by atoms with Crippen LogP contribution in [-0.4, -0.2) is 24.1 Å². The molecule has 0 aliphatic carbocycles. The standard InChI is InChI=1S/C25H48O4/c1-6-23(25(27)29-22(4)5)19-17-15-13-11-9-7-8-10-12-14-16-18-20-24(26)28-21(2)3/h21-23H,6-20H2,1-5H3. The summed E-state index contributed by atoms with van der Waals surface area (Å²) >= 11 is 0. The molecule has 4 nitrogen and oxygen atoms in total. The van der Waals surface area contributed by atoms with Gasteiger partial charge in [-0.05, 0) is 47.0 Å². The minimum atomic E-state index is -0.0549. The molecule has 29 heavy (non-hydrogen) atoms. The first-order chi connectivity index (χ1) is 13.9. The Morgan fingerprint density at radius 2 is 1.03 bits per heavy atom. The number of carbonyl (C=O) groups excluding carboxylic acids is 2. The maximum atomic E-state index is 12.0. The van der Waals surface area contributed by atoms with E-state index in [0.717, 1.165) is 32.1 Å². The minimum absolute atomic E-state index is 0.00396. The molecular weight excluding hydrogens is 364 g/mol. The van der Waals surface area contributed by atoms with E-state index in [2.05, 4.69) is 6.92 Å². The van der Waals surface area contributed by atoms with Crippen molar-refractivity contribution in [1.29, 1.82) is 0 Å².